The topological polar surface area (TPSA) is 53.1 Å². The first-order chi connectivity index (χ1) is 12.2. The maximum absolute atomic E-state index is 12.8. The number of benzene rings is 1. The molecule has 0 aromatic heterocycles. The number of hydrogen-bond donors (Lipinski definition) is 0. The van der Waals surface area contributed by atoms with Crippen molar-refractivity contribution in [3.63, 3.8) is 0 Å². The highest BCUT2D eigenvalue weighted by atomic mass is 32.2. The first-order valence-electron chi connectivity index (χ1n) is 9.32. The molecule has 140 valence electrons. The van der Waals surface area contributed by atoms with Crippen molar-refractivity contribution >= 4 is 10.2 Å². The molecule has 25 heavy (non-hydrogen) atoms. The average molecular weight is 368 g/mol. The molecule has 2 aliphatic heterocycles. The van der Waals surface area contributed by atoms with Gasteiger partial charge in [0.15, 0.2) is 0 Å². The van der Waals surface area contributed by atoms with E-state index < -0.39 is 10.2 Å². The molecule has 0 aliphatic carbocycles. The van der Waals surface area contributed by atoms with E-state index in [1.807, 2.05) is 30.3 Å². The molecule has 0 unspecified atom stereocenters. The molecule has 2 aliphatic rings. The molecule has 0 spiro atoms. The second-order valence-electron chi connectivity index (χ2n) is 6.72. The van der Waals surface area contributed by atoms with Crippen LogP contribution in [0.25, 0.3) is 0 Å². The summed E-state index contributed by atoms with van der Waals surface area (Å²) in [6.07, 6.45) is 3.98. The van der Waals surface area contributed by atoms with Crippen LogP contribution in [-0.2, 0) is 10.2 Å². The largest absolute Gasteiger partial charge is 0.492 e. The summed E-state index contributed by atoms with van der Waals surface area (Å²) >= 11 is 0. The van der Waals surface area contributed by atoms with Gasteiger partial charge in [-0.05, 0) is 37.9 Å². The molecule has 0 N–H and O–H groups in total. The normalized spacial score (nSPS) is 21.8. The minimum absolute atomic E-state index is 0.574. The van der Waals surface area contributed by atoms with Crippen LogP contribution in [0.3, 0.4) is 0 Å². The second-order valence-corrected chi connectivity index (χ2v) is 8.65. The summed E-state index contributed by atoms with van der Waals surface area (Å²) in [4.78, 5) is 2.30. The van der Waals surface area contributed by atoms with E-state index >= 15 is 0 Å². The summed E-state index contributed by atoms with van der Waals surface area (Å²) in [5.41, 5.74) is 0. The lowest BCUT2D eigenvalue weighted by Crippen LogP contribution is -2.47. The monoisotopic (exact) mass is 367 g/mol. The molecule has 2 saturated heterocycles. The van der Waals surface area contributed by atoms with E-state index in [1.165, 1.54) is 0 Å². The van der Waals surface area contributed by atoms with Gasteiger partial charge in [0, 0.05) is 39.3 Å². The molecule has 1 aromatic rings. The van der Waals surface area contributed by atoms with Crippen LogP contribution in [0, 0.1) is 0 Å². The van der Waals surface area contributed by atoms with E-state index in [2.05, 4.69) is 4.90 Å². The fraction of sp³-hybridized carbons (Fsp3) is 0.667. The van der Waals surface area contributed by atoms with Crippen LogP contribution in [0.1, 0.15) is 25.7 Å². The summed E-state index contributed by atoms with van der Waals surface area (Å²) in [6, 6.07) is 9.80. The SMILES string of the molecule is O=S(=O)(N1CCCCC1)N1CCCN(CCOc2ccccc2)CC1. The lowest BCUT2D eigenvalue weighted by molar-refractivity contribution is 0.214. The van der Waals surface area contributed by atoms with Gasteiger partial charge in [-0.3, -0.25) is 4.90 Å². The molecule has 0 saturated carbocycles. The Kier molecular flexibility index (Phi) is 6.70. The summed E-state index contributed by atoms with van der Waals surface area (Å²) in [5, 5.41) is 0. The van der Waals surface area contributed by atoms with Gasteiger partial charge < -0.3 is 4.74 Å². The maximum atomic E-state index is 12.8. The van der Waals surface area contributed by atoms with Crippen molar-refractivity contribution in [2.24, 2.45) is 0 Å². The number of rotatable bonds is 6. The first-order valence-corrected chi connectivity index (χ1v) is 10.7. The quantitative estimate of drug-likeness (QED) is 0.769. The Hall–Kier alpha value is -1.15. The Morgan fingerprint density at radius 3 is 2.24 bits per heavy atom. The Bertz CT molecular complexity index is 618. The third-order valence-electron chi connectivity index (χ3n) is 4.93. The van der Waals surface area contributed by atoms with E-state index in [4.69, 9.17) is 4.74 Å². The van der Waals surface area contributed by atoms with Crippen LogP contribution in [-0.4, -0.2) is 74.3 Å². The van der Waals surface area contributed by atoms with Gasteiger partial charge in [0.2, 0.25) is 0 Å². The number of hydrogen-bond acceptors (Lipinski definition) is 4. The van der Waals surface area contributed by atoms with E-state index in [-0.39, 0.29) is 0 Å². The zero-order chi connectivity index (χ0) is 17.5. The Balaban J connectivity index is 1.46. The standard InChI is InChI=1S/C18H29N3O3S/c22-25(23,20-11-5-2-6-12-20)21-13-7-10-19(14-15-21)16-17-24-18-8-3-1-4-9-18/h1,3-4,8-9H,2,5-7,10-17H2. The average Bonchev–Trinajstić information content (AvgIpc) is 2.90. The lowest BCUT2D eigenvalue weighted by atomic mass is 10.2. The van der Waals surface area contributed by atoms with Crippen LogP contribution in [0.4, 0.5) is 0 Å². The van der Waals surface area contributed by atoms with E-state index in [0.29, 0.717) is 32.8 Å². The minimum Gasteiger partial charge on any atom is -0.492 e. The predicted octanol–water partition coefficient (Wildman–Crippen LogP) is 1.80. The number of nitrogens with zero attached hydrogens (tertiary/aromatic N) is 3. The molecule has 2 heterocycles. The van der Waals surface area contributed by atoms with Crippen LogP contribution >= 0.6 is 0 Å². The van der Waals surface area contributed by atoms with Crippen molar-refractivity contribution in [1.82, 2.24) is 13.5 Å². The zero-order valence-corrected chi connectivity index (χ0v) is 15.7. The second kappa shape index (κ2) is 8.98. The Morgan fingerprint density at radius 2 is 1.48 bits per heavy atom. The maximum Gasteiger partial charge on any atom is 0.282 e. The molecule has 1 aromatic carbocycles. The molecule has 0 amide bonds. The van der Waals surface area contributed by atoms with Gasteiger partial charge in [-0.1, -0.05) is 24.6 Å². The van der Waals surface area contributed by atoms with E-state index in [0.717, 1.165) is 51.1 Å². The van der Waals surface area contributed by atoms with Crippen molar-refractivity contribution in [1.29, 1.82) is 0 Å². The van der Waals surface area contributed by atoms with Gasteiger partial charge in [-0.15, -0.1) is 0 Å². The van der Waals surface area contributed by atoms with Gasteiger partial charge >= 0.3 is 0 Å². The van der Waals surface area contributed by atoms with Gasteiger partial charge in [-0.25, -0.2) is 0 Å². The number of piperidine rings is 1. The molecule has 7 heteroatoms. The van der Waals surface area contributed by atoms with Gasteiger partial charge in [-0.2, -0.15) is 17.0 Å². The van der Waals surface area contributed by atoms with Crippen molar-refractivity contribution in [3.8, 4) is 5.75 Å². The highest BCUT2D eigenvalue weighted by Crippen LogP contribution is 2.18. The third kappa shape index (κ3) is 5.17. The molecule has 3 rings (SSSR count). The number of para-hydroxylation sites is 1. The first kappa shape index (κ1) is 18.6. The third-order valence-corrected chi connectivity index (χ3v) is 6.97. The van der Waals surface area contributed by atoms with E-state index in [1.54, 1.807) is 8.61 Å². The van der Waals surface area contributed by atoms with Crippen LogP contribution in [0.5, 0.6) is 5.75 Å². The van der Waals surface area contributed by atoms with Crippen molar-refractivity contribution in [2.45, 2.75) is 25.7 Å². The molecule has 0 bridgehead atoms. The molecular formula is C18H29N3O3S. The smallest absolute Gasteiger partial charge is 0.282 e. The fourth-order valence-corrected chi connectivity index (χ4v) is 5.19. The van der Waals surface area contributed by atoms with Gasteiger partial charge in [0.05, 0.1) is 0 Å². The van der Waals surface area contributed by atoms with Crippen LogP contribution in [0.15, 0.2) is 30.3 Å². The van der Waals surface area contributed by atoms with E-state index in [9.17, 15) is 8.42 Å². The molecule has 0 atom stereocenters. The predicted molar refractivity (Wildman–Crippen MR) is 98.9 cm³/mol. The van der Waals surface area contributed by atoms with Gasteiger partial charge in [0.25, 0.3) is 10.2 Å². The lowest BCUT2D eigenvalue weighted by Gasteiger charge is -2.31. The Morgan fingerprint density at radius 1 is 0.800 bits per heavy atom. The van der Waals surface area contributed by atoms with Crippen molar-refractivity contribution in [3.05, 3.63) is 30.3 Å². The van der Waals surface area contributed by atoms with Crippen molar-refractivity contribution < 1.29 is 13.2 Å². The highest BCUT2D eigenvalue weighted by molar-refractivity contribution is 7.86. The number of ether oxygens (including phenoxy) is 1. The van der Waals surface area contributed by atoms with Crippen LogP contribution in [0.2, 0.25) is 0 Å². The fourth-order valence-electron chi connectivity index (χ4n) is 3.47. The Labute approximate surface area is 151 Å². The molecule has 0 radical (unpaired) electrons. The summed E-state index contributed by atoms with van der Waals surface area (Å²) < 4.78 is 34.7. The summed E-state index contributed by atoms with van der Waals surface area (Å²) in [7, 11) is -3.29. The minimum atomic E-state index is -3.29. The van der Waals surface area contributed by atoms with Gasteiger partial charge in [0.1, 0.15) is 12.4 Å². The highest BCUT2D eigenvalue weighted by Gasteiger charge is 2.31. The molecule has 2 fully saturated rings. The summed E-state index contributed by atoms with van der Waals surface area (Å²) in [6.45, 7) is 5.69. The van der Waals surface area contributed by atoms with Crippen LogP contribution < -0.4 is 4.74 Å². The summed E-state index contributed by atoms with van der Waals surface area (Å²) in [5.74, 6) is 0.881. The van der Waals surface area contributed by atoms with Crippen molar-refractivity contribution in [2.75, 3.05) is 52.4 Å². The molecule has 6 nitrogen and oxygen atoms in total. The molecular weight excluding hydrogens is 338 g/mol. The zero-order valence-electron chi connectivity index (χ0n) is 14.8.